The van der Waals surface area contributed by atoms with Crippen LogP contribution in [0, 0.1) is 0 Å². The molecule has 0 saturated heterocycles. The zero-order valence-corrected chi connectivity index (χ0v) is 26.5. The highest BCUT2D eigenvalue weighted by Gasteiger charge is 2.18. The lowest BCUT2D eigenvalue weighted by molar-refractivity contribution is 0.669. The van der Waals surface area contributed by atoms with Crippen LogP contribution in [-0.4, -0.2) is 15.0 Å². The quantitative estimate of drug-likeness (QED) is 0.184. The maximum atomic E-state index is 6.38. The molecule has 0 atom stereocenters. The molecule has 9 aromatic rings. The van der Waals surface area contributed by atoms with Crippen LogP contribution >= 0.6 is 0 Å². The van der Waals surface area contributed by atoms with Gasteiger partial charge in [0.15, 0.2) is 17.5 Å². The Kier molecular flexibility index (Phi) is 7.10. The van der Waals surface area contributed by atoms with Crippen molar-refractivity contribution in [2.24, 2.45) is 0 Å². The summed E-state index contributed by atoms with van der Waals surface area (Å²) in [6.45, 7) is 0. The van der Waals surface area contributed by atoms with Gasteiger partial charge in [0.25, 0.3) is 0 Å². The number of nitrogens with zero attached hydrogens (tertiary/aromatic N) is 3. The van der Waals surface area contributed by atoms with E-state index < -0.39 is 0 Å². The van der Waals surface area contributed by atoms with E-state index in [1.807, 2.05) is 78.9 Å². The lowest BCUT2D eigenvalue weighted by atomic mass is 9.97. The number of hydrogen-bond acceptors (Lipinski definition) is 4. The molecular formula is C45H29N3O. The third-order valence-electron chi connectivity index (χ3n) is 8.98. The van der Waals surface area contributed by atoms with Gasteiger partial charge < -0.3 is 4.42 Å². The summed E-state index contributed by atoms with van der Waals surface area (Å²) in [6.07, 6.45) is 0. The summed E-state index contributed by atoms with van der Waals surface area (Å²) in [5.41, 5.74) is 11.4. The monoisotopic (exact) mass is 627 g/mol. The van der Waals surface area contributed by atoms with Gasteiger partial charge in [0, 0.05) is 27.5 Å². The maximum absolute atomic E-state index is 6.38. The number of furan rings is 1. The highest BCUT2D eigenvalue weighted by molar-refractivity contribution is 6.12. The molecule has 2 heterocycles. The molecule has 0 N–H and O–H groups in total. The summed E-state index contributed by atoms with van der Waals surface area (Å²) in [4.78, 5) is 14.9. The van der Waals surface area contributed by atoms with Gasteiger partial charge in [-0.3, -0.25) is 0 Å². The van der Waals surface area contributed by atoms with Gasteiger partial charge in [-0.1, -0.05) is 158 Å². The molecule has 7 aromatic carbocycles. The molecule has 0 aliphatic rings. The summed E-state index contributed by atoms with van der Waals surface area (Å²) in [5, 5.41) is 2.00. The van der Waals surface area contributed by atoms with Crippen molar-refractivity contribution >= 4 is 21.9 Å². The minimum atomic E-state index is 0.606. The Bertz CT molecular complexity index is 2500. The first kappa shape index (κ1) is 28.6. The Morgan fingerprint density at radius 3 is 1.27 bits per heavy atom. The molecular weight excluding hydrogens is 599 g/mol. The Labute approximate surface area is 284 Å². The van der Waals surface area contributed by atoms with Crippen molar-refractivity contribution in [3.63, 3.8) is 0 Å². The second kappa shape index (κ2) is 12.2. The number of aromatic nitrogens is 3. The molecule has 0 aliphatic carbocycles. The Balaban J connectivity index is 1.11. The number of hydrogen-bond donors (Lipinski definition) is 0. The van der Waals surface area contributed by atoms with E-state index >= 15 is 0 Å². The van der Waals surface area contributed by atoms with Crippen LogP contribution in [0.15, 0.2) is 180 Å². The molecule has 0 radical (unpaired) electrons. The van der Waals surface area contributed by atoms with Gasteiger partial charge in [0.05, 0.1) is 0 Å². The van der Waals surface area contributed by atoms with Crippen molar-refractivity contribution in [3.05, 3.63) is 176 Å². The molecule has 0 amide bonds. The fraction of sp³-hybridized carbons (Fsp3) is 0. The molecule has 2 aromatic heterocycles. The van der Waals surface area contributed by atoms with Crippen LogP contribution in [0.1, 0.15) is 0 Å². The lowest BCUT2D eigenvalue weighted by Gasteiger charge is -2.09. The normalized spacial score (nSPS) is 11.3. The topological polar surface area (TPSA) is 51.8 Å². The van der Waals surface area contributed by atoms with Gasteiger partial charge >= 0.3 is 0 Å². The summed E-state index contributed by atoms with van der Waals surface area (Å²) >= 11 is 0. The van der Waals surface area contributed by atoms with Crippen LogP contribution in [-0.2, 0) is 0 Å². The molecule has 4 nitrogen and oxygen atoms in total. The van der Waals surface area contributed by atoms with E-state index in [1.165, 1.54) is 22.3 Å². The Morgan fingerprint density at radius 1 is 0.306 bits per heavy atom. The van der Waals surface area contributed by atoms with E-state index in [9.17, 15) is 0 Å². The number of rotatable bonds is 6. The predicted molar refractivity (Wildman–Crippen MR) is 200 cm³/mol. The van der Waals surface area contributed by atoms with E-state index in [-0.39, 0.29) is 0 Å². The number of fused-ring (bicyclic) bond motifs is 3. The smallest absolute Gasteiger partial charge is 0.164 e. The third-order valence-corrected chi connectivity index (χ3v) is 8.98. The van der Waals surface area contributed by atoms with Gasteiger partial charge in [-0.05, 0) is 51.6 Å². The zero-order chi connectivity index (χ0) is 32.6. The molecule has 0 saturated carbocycles. The largest absolute Gasteiger partial charge is 0.456 e. The lowest BCUT2D eigenvalue weighted by Crippen LogP contribution is -2.00. The molecule has 230 valence electrons. The summed E-state index contributed by atoms with van der Waals surface area (Å²) in [5.74, 6) is 1.86. The highest BCUT2D eigenvalue weighted by Crippen LogP contribution is 2.38. The van der Waals surface area contributed by atoms with Crippen molar-refractivity contribution in [1.82, 2.24) is 15.0 Å². The molecule has 0 aliphatic heterocycles. The summed E-state index contributed by atoms with van der Waals surface area (Å²) in [7, 11) is 0. The van der Waals surface area contributed by atoms with Gasteiger partial charge in [0.2, 0.25) is 0 Å². The minimum Gasteiger partial charge on any atom is -0.456 e. The molecule has 4 heteroatoms. The molecule has 0 fully saturated rings. The molecule has 0 spiro atoms. The van der Waals surface area contributed by atoms with E-state index in [4.69, 9.17) is 19.4 Å². The van der Waals surface area contributed by atoms with Crippen LogP contribution < -0.4 is 0 Å². The van der Waals surface area contributed by atoms with E-state index in [0.29, 0.717) is 17.5 Å². The standard InChI is InChI=1S/C45H29N3O/c1-4-11-30(12-5-1)31-19-21-32(22-20-31)33-23-25-34(26-24-33)37-27-28-40-39(29-37)42-38(17-10-18-41(42)49-40)45-47-43(35-13-6-2-7-14-35)46-44(48-45)36-15-8-3-9-16-36/h1-29H. The van der Waals surface area contributed by atoms with Gasteiger partial charge in [-0.15, -0.1) is 0 Å². The van der Waals surface area contributed by atoms with E-state index in [2.05, 4.69) is 97.1 Å². The van der Waals surface area contributed by atoms with Gasteiger partial charge in [0.1, 0.15) is 11.2 Å². The van der Waals surface area contributed by atoms with Crippen LogP contribution in [0.5, 0.6) is 0 Å². The summed E-state index contributed by atoms with van der Waals surface area (Å²) < 4.78 is 6.38. The van der Waals surface area contributed by atoms with Gasteiger partial charge in [-0.25, -0.2) is 15.0 Å². The minimum absolute atomic E-state index is 0.606. The fourth-order valence-electron chi connectivity index (χ4n) is 6.46. The van der Waals surface area contributed by atoms with Crippen LogP contribution in [0.3, 0.4) is 0 Å². The molecule has 0 unspecified atom stereocenters. The second-order valence-electron chi connectivity index (χ2n) is 12.1. The first-order valence-corrected chi connectivity index (χ1v) is 16.4. The van der Waals surface area contributed by atoms with Crippen LogP contribution in [0.4, 0.5) is 0 Å². The van der Waals surface area contributed by atoms with E-state index in [1.54, 1.807) is 0 Å². The van der Waals surface area contributed by atoms with Crippen molar-refractivity contribution in [3.8, 4) is 67.5 Å². The first-order valence-electron chi connectivity index (χ1n) is 16.4. The second-order valence-corrected chi connectivity index (χ2v) is 12.1. The fourth-order valence-corrected chi connectivity index (χ4v) is 6.46. The van der Waals surface area contributed by atoms with Crippen molar-refractivity contribution in [2.75, 3.05) is 0 Å². The molecule has 0 bridgehead atoms. The van der Waals surface area contributed by atoms with Crippen molar-refractivity contribution < 1.29 is 4.42 Å². The average molecular weight is 628 g/mol. The zero-order valence-electron chi connectivity index (χ0n) is 26.5. The number of benzene rings is 7. The van der Waals surface area contributed by atoms with Crippen molar-refractivity contribution in [1.29, 1.82) is 0 Å². The third kappa shape index (κ3) is 5.45. The average Bonchev–Trinajstić information content (AvgIpc) is 3.57. The Hall–Kier alpha value is -6.65. The SMILES string of the molecule is c1ccc(-c2ccc(-c3ccc(-c4ccc5oc6cccc(-c7nc(-c8ccccc8)nc(-c8ccccc8)n7)c6c5c4)cc3)cc2)cc1. The van der Waals surface area contributed by atoms with Crippen LogP contribution in [0.2, 0.25) is 0 Å². The van der Waals surface area contributed by atoms with E-state index in [0.717, 1.165) is 49.8 Å². The van der Waals surface area contributed by atoms with Gasteiger partial charge in [-0.2, -0.15) is 0 Å². The van der Waals surface area contributed by atoms with Crippen LogP contribution in [0.25, 0.3) is 89.5 Å². The molecule has 9 rings (SSSR count). The summed E-state index contributed by atoms with van der Waals surface area (Å²) in [6, 6.07) is 60.6. The highest BCUT2D eigenvalue weighted by atomic mass is 16.3. The predicted octanol–water partition coefficient (Wildman–Crippen LogP) is 11.8. The maximum Gasteiger partial charge on any atom is 0.164 e. The first-order chi connectivity index (χ1) is 24.3. The Morgan fingerprint density at radius 2 is 0.735 bits per heavy atom. The molecule has 49 heavy (non-hydrogen) atoms. The van der Waals surface area contributed by atoms with Crippen molar-refractivity contribution in [2.45, 2.75) is 0 Å².